The molecule has 1 amide bonds. The second-order valence-electron chi connectivity index (χ2n) is 4.59. The van der Waals surface area contributed by atoms with Gasteiger partial charge in [0, 0.05) is 18.5 Å². The minimum absolute atomic E-state index is 0.146. The first-order valence-corrected chi connectivity index (χ1v) is 5.89. The molecule has 0 bridgehead atoms. The van der Waals surface area contributed by atoms with Crippen LogP contribution in [0.4, 0.5) is 0 Å². The van der Waals surface area contributed by atoms with Crippen LogP contribution in [0.3, 0.4) is 0 Å². The molecule has 0 rings (SSSR count). The Bertz CT molecular complexity index is 182. The van der Waals surface area contributed by atoms with Gasteiger partial charge in [0.1, 0.15) is 0 Å². The molecule has 1 atom stereocenters. The first kappa shape index (κ1) is 14.4. The van der Waals surface area contributed by atoms with Gasteiger partial charge in [-0.15, -0.1) is 0 Å². The summed E-state index contributed by atoms with van der Waals surface area (Å²) in [5, 5.41) is 9.40. The van der Waals surface area contributed by atoms with Crippen molar-refractivity contribution in [1.29, 1.82) is 0 Å². The van der Waals surface area contributed by atoms with Crippen molar-refractivity contribution in [2.45, 2.75) is 72.1 Å². The Hall–Kier alpha value is -0.570. The fraction of sp³-hybridized carbons (Fsp3) is 0.917. The van der Waals surface area contributed by atoms with E-state index in [9.17, 15) is 9.90 Å². The summed E-state index contributed by atoms with van der Waals surface area (Å²) in [6.07, 6.45) is 1.41. The molecule has 3 heteroatoms. The summed E-state index contributed by atoms with van der Waals surface area (Å²) in [5.41, 5.74) is 0. The second-order valence-corrected chi connectivity index (χ2v) is 4.59. The molecule has 0 radical (unpaired) electrons. The van der Waals surface area contributed by atoms with Gasteiger partial charge in [0.25, 0.3) is 0 Å². The first-order chi connectivity index (χ1) is 6.90. The molecule has 15 heavy (non-hydrogen) atoms. The molecule has 0 aliphatic heterocycles. The third-order valence-electron chi connectivity index (χ3n) is 2.56. The van der Waals surface area contributed by atoms with E-state index in [2.05, 4.69) is 0 Å². The Balaban J connectivity index is 4.16. The van der Waals surface area contributed by atoms with Gasteiger partial charge in [0.15, 0.2) is 0 Å². The van der Waals surface area contributed by atoms with Crippen LogP contribution in [0.15, 0.2) is 0 Å². The molecule has 0 aliphatic carbocycles. The van der Waals surface area contributed by atoms with Crippen molar-refractivity contribution in [2.24, 2.45) is 0 Å². The van der Waals surface area contributed by atoms with Crippen LogP contribution in [-0.2, 0) is 4.79 Å². The highest BCUT2D eigenvalue weighted by Gasteiger charge is 2.20. The zero-order valence-electron chi connectivity index (χ0n) is 10.7. The van der Waals surface area contributed by atoms with E-state index in [-0.39, 0.29) is 24.1 Å². The number of nitrogens with zero attached hydrogens (tertiary/aromatic N) is 1. The maximum absolute atomic E-state index is 11.9. The summed E-state index contributed by atoms with van der Waals surface area (Å²) in [6.45, 7) is 10.0. The molecule has 0 fully saturated rings. The van der Waals surface area contributed by atoms with Gasteiger partial charge in [-0.05, 0) is 40.5 Å². The van der Waals surface area contributed by atoms with E-state index in [1.54, 1.807) is 0 Å². The Kier molecular flexibility index (Phi) is 6.57. The van der Waals surface area contributed by atoms with Crippen molar-refractivity contribution in [1.82, 2.24) is 4.90 Å². The van der Waals surface area contributed by atoms with Crippen molar-refractivity contribution in [3.05, 3.63) is 0 Å². The van der Waals surface area contributed by atoms with Crippen LogP contribution in [0, 0.1) is 0 Å². The molecule has 90 valence electrons. The minimum Gasteiger partial charge on any atom is -0.393 e. The van der Waals surface area contributed by atoms with Crippen molar-refractivity contribution in [2.75, 3.05) is 0 Å². The van der Waals surface area contributed by atoms with E-state index in [1.165, 1.54) is 0 Å². The van der Waals surface area contributed by atoms with Crippen LogP contribution in [0.2, 0.25) is 0 Å². The van der Waals surface area contributed by atoms with Gasteiger partial charge in [-0.2, -0.15) is 0 Å². The summed E-state index contributed by atoms with van der Waals surface area (Å²) in [7, 11) is 0. The smallest absolute Gasteiger partial charge is 0.223 e. The predicted molar refractivity (Wildman–Crippen MR) is 62.6 cm³/mol. The van der Waals surface area contributed by atoms with E-state index in [4.69, 9.17) is 0 Å². The standard InChI is InChI=1S/C12H25NO2/c1-6-11(14)7-8-12(15)13(9(2)3)10(4)5/h9-11,14H,6-8H2,1-5H3. The van der Waals surface area contributed by atoms with Gasteiger partial charge in [0.2, 0.25) is 5.91 Å². The van der Waals surface area contributed by atoms with E-state index in [1.807, 2.05) is 39.5 Å². The lowest BCUT2D eigenvalue weighted by atomic mass is 10.1. The maximum Gasteiger partial charge on any atom is 0.223 e. The number of amides is 1. The second kappa shape index (κ2) is 6.83. The monoisotopic (exact) mass is 215 g/mol. The molecule has 0 aliphatic rings. The number of carbonyl (C=O) groups is 1. The zero-order valence-corrected chi connectivity index (χ0v) is 10.7. The quantitative estimate of drug-likeness (QED) is 0.737. The molecular formula is C12H25NO2. The normalized spacial score (nSPS) is 13.3. The van der Waals surface area contributed by atoms with Crippen molar-refractivity contribution in [3.63, 3.8) is 0 Å². The molecule has 0 heterocycles. The summed E-state index contributed by atoms with van der Waals surface area (Å²) >= 11 is 0. The molecule has 3 nitrogen and oxygen atoms in total. The number of carbonyl (C=O) groups excluding carboxylic acids is 1. The summed E-state index contributed by atoms with van der Waals surface area (Å²) in [4.78, 5) is 13.7. The van der Waals surface area contributed by atoms with Crippen LogP contribution >= 0.6 is 0 Å². The molecule has 1 N–H and O–H groups in total. The maximum atomic E-state index is 11.9. The van der Waals surface area contributed by atoms with Gasteiger partial charge in [0.05, 0.1) is 6.10 Å². The molecule has 0 spiro atoms. The molecule has 0 saturated carbocycles. The van der Waals surface area contributed by atoms with Crippen molar-refractivity contribution < 1.29 is 9.90 Å². The third kappa shape index (κ3) is 5.17. The largest absolute Gasteiger partial charge is 0.393 e. The Morgan fingerprint density at radius 3 is 2.00 bits per heavy atom. The topological polar surface area (TPSA) is 40.5 Å². The van der Waals surface area contributed by atoms with Crippen LogP contribution in [0.5, 0.6) is 0 Å². The zero-order chi connectivity index (χ0) is 12.0. The Morgan fingerprint density at radius 1 is 1.20 bits per heavy atom. The highest BCUT2D eigenvalue weighted by Crippen LogP contribution is 2.10. The molecular weight excluding hydrogens is 190 g/mol. The molecule has 0 aromatic rings. The van der Waals surface area contributed by atoms with Crippen LogP contribution in [0.1, 0.15) is 53.9 Å². The van der Waals surface area contributed by atoms with Gasteiger partial charge < -0.3 is 10.0 Å². The summed E-state index contributed by atoms with van der Waals surface area (Å²) in [5.74, 6) is 0.146. The first-order valence-electron chi connectivity index (χ1n) is 5.89. The lowest BCUT2D eigenvalue weighted by molar-refractivity contribution is -0.135. The Labute approximate surface area is 93.5 Å². The average Bonchev–Trinajstić information content (AvgIpc) is 2.12. The fourth-order valence-electron chi connectivity index (χ4n) is 1.80. The average molecular weight is 215 g/mol. The molecule has 0 saturated heterocycles. The van der Waals surface area contributed by atoms with Crippen molar-refractivity contribution in [3.8, 4) is 0 Å². The number of hydrogen-bond acceptors (Lipinski definition) is 2. The number of aliphatic hydroxyl groups excluding tert-OH is 1. The van der Waals surface area contributed by atoms with Crippen LogP contribution < -0.4 is 0 Å². The predicted octanol–water partition coefficient (Wildman–Crippen LogP) is 2.18. The van der Waals surface area contributed by atoms with Gasteiger partial charge in [-0.1, -0.05) is 6.92 Å². The van der Waals surface area contributed by atoms with Gasteiger partial charge >= 0.3 is 0 Å². The van der Waals surface area contributed by atoms with E-state index in [0.717, 1.165) is 6.42 Å². The summed E-state index contributed by atoms with van der Waals surface area (Å²) in [6, 6.07) is 0.465. The number of rotatable bonds is 6. The fourth-order valence-corrected chi connectivity index (χ4v) is 1.80. The minimum atomic E-state index is -0.338. The third-order valence-corrected chi connectivity index (χ3v) is 2.56. The SMILES string of the molecule is CCC(O)CCC(=O)N(C(C)C)C(C)C. The molecule has 1 unspecified atom stereocenters. The lowest BCUT2D eigenvalue weighted by Crippen LogP contribution is -2.42. The van der Waals surface area contributed by atoms with Crippen LogP contribution in [0.25, 0.3) is 0 Å². The highest BCUT2D eigenvalue weighted by atomic mass is 16.3. The Morgan fingerprint density at radius 2 is 1.67 bits per heavy atom. The highest BCUT2D eigenvalue weighted by molar-refractivity contribution is 5.76. The number of aliphatic hydroxyl groups is 1. The molecule has 0 aromatic heterocycles. The van der Waals surface area contributed by atoms with Crippen molar-refractivity contribution >= 4 is 5.91 Å². The van der Waals surface area contributed by atoms with Crippen LogP contribution in [-0.4, -0.2) is 34.1 Å². The van der Waals surface area contributed by atoms with E-state index in [0.29, 0.717) is 12.8 Å². The van der Waals surface area contributed by atoms with E-state index < -0.39 is 0 Å². The lowest BCUT2D eigenvalue weighted by Gasteiger charge is -2.31. The summed E-state index contributed by atoms with van der Waals surface area (Å²) < 4.78 is 0. The molecule has 0 aromatic carbocycles. The van der Waals surface area contributed by atoms with E-state index >= 15 is 0 Å². The number of hydrogen-bond donors (Lipinski definition) is 1. The van der Waals surface area contributed by atoms with Gasteiger partial charge in [-0.25, -0.2) is 0 Å². The van der Waals surface area contributed by atoms with Gasteiger partial charge in [-0.3, -0.25) is 4.79 Å².